The van der Waals surface area contributed by atoms with Crippen molar-refractivity contribution >= 4 is 17.8 Å². The fraction of sp³-hybridized carbons (Fsp3) is 0.812. The van der Waals surface area contributed by atoms with Gasteiger partial charge in [0, 0.05) is 38.6 Å². The first-order valence-corrected chi connectivity index (χ1v) is 8.71. The molecular weight excluding hydrogens is 312 g/mol. The van der Waals surface area contributed by atoms with Gasteiger partial charge in [-0.3, -0.25) is 9.59 Å². The number of carbonyl (C=O) groups is 3. The number of ether oxygens (including phenoxy) is 1. The largest absolute Gasteiger partial charge is 0.367 e. The Kier molecular flexibility index (Phi) is 6.42. The zero-order chi connectivity index (χ0) is 17.7. The number of likely N-dealkylation sites (tertiary alicyclic amines) is 1. The van der Waals surface area contributed by atoms with Crippen LogP contribution in [0.4, 0.5) is 4.79 Å². The molecule has 2 saturated heterocycles. The highest BCUT2D eigenvalue weighted by Crippen LogP contribution is 2.22. The molecule has 2 aliphatic heterocycles. The molecule has 0 bridgehead atoms. The molecular formula is C16H28N4O4. The van der Waals surface area contributed by atoms with Crippen molar-refractivity contribution in [2.75, 3.05) is 45.9 Å². The maximum Gasteiger partial charge on any atom is 0.319 e. The number of carbonyl (C=O) groups excluding carboxylic acids is 3. The number of piperidine rings is 1. The van der Waals surface area contributed by atoms with E-state index in [9.17, 15) is 14.4 Å². The van der Waals surface area contributed by atoms with Crippen LogP contribution >= 0.6 is 0 Å². The van der Waals surface area contributed by atoms with Crippen molar-refractivity contribution in [3.63, 3.8) is 0 Å². The van der Waals surface area contributed by atoms with Gasteiger partial charge in [-0.25, -0.2) is 4.79 Å². The van der Waals surface area contributed by atoms with Gasteiger partial charge in [0.05, 0.1) is 13.2 Å². The molecule has 0 aromatic rings. The Morgan fingerprint density at radius 1 is 1.08 bits per heavy atom. The summed E-state index contributed by atoms with van der Waals surface area (Å²) in [6.07, 6.45) is 0.599. The van der Waals surface area contributed by atoms with Crippen molar-refractivity contribution in [2.24, 2.45) is 11.7 Å². The number of hydrogen-bond donors (Lipinski definition) is 1. The number of amides is 4. The summed E-state index contributed by atoms with van der Waals surface area (Å²) >= 11 is 0. The minimum absolute atomic E-state index is 0.0412. The normalized spacial score (nSPS) is 22.3. The third kappa shape index (κ3) is 4.17. The molecule has 1 atom stereocenters. The number of primary amides is 1. The zero-order valence-electron chi connectivity index (χ0n) is 14.6. The van der Waals surface area contributed by atoms with Crippen LogP contribution in [0.25, 0.3) is 0 Å². The Morgan fingerprint density at radius 3 is 2.25 bits per heavy atom. The van der Waals surface area contributed by atoms with Crippen molar-refractivity contribution in [3.8, 4) is 0 Å². The molecule has 2 aliphatic rings. The summed E-state index contributed by atoms with van der Waals surface area (Å²) in [4.78, 5) is 41.5. The fourth-order valence-corrected chi connectivity index (χ4v) is 3.29. The highest BCUT2D eigenvalue weighted by Gasteiger charge is 2.34. The molecule has 136 valence electrons. The van der Waals surface area contributed by atoms with Crippen LogP contribution in [0, 0.1) is 5.92 Å². The van der Waals surface area contributed by atoms with Crippen molar-refractivity contribution < 1.29 is 19.1 Å². The Bertz CT molecular complexity index is 473. The van der Waals surface area contributed by atoms with Crippen LogP contribution in [0.15, 0.2) is 0 Å². The lowest BCUT2D eigenvalue weighted by Gasteiger charge is -2.38. The van der Waals surface area contributed by atoms with Gasteiger partial charge in [0.15, 0.2) is 6.10 Å². The molecule has 2 fully saturated rings. The van der Waals surface area contributed by atoms with Gasteiger partial charge in [-0.05, 0) is 26.7 Å². The number of rotatable bonds is 4. The molecule has 8 nitrogen and oxygen atoms in total. The lowest BCUT2D eigenvalue weighted by atomic mass is 9.95. The standard InChI is InChI=1S/C16H28N4O4/c1-3-18(4-2)16(23)19-7-5-12(6-8-19)15(22)20-9-10-24-13(11-20)14(17)21/h12-13H,3-11H2,1-2H3,(H2,17,21). The van der Waals surface area contributed by atoms with Crippen molar-refractivity contribution in [1.82, 2.24) is 14.7 Å². The Hall–Kier alpha value is -1.83. The van der Waals surface area contributed by atoms with E-state index < -0.39 is 12.0 Å². The Balaban J connectivity index is 1.86. The lowest BCUT2D eigenvalue weighted by Crippen LogP contribution is -2.53. The Morgan fingerprint density at radius 2 is 1.71 bits per heavy atom. The van der Waals surface area contributed by atoms with Gasteiger partial charge in [-0.2, -0.15) is 0 Å². The van der Waals surface area contributed by atoms with Gasteiger partial charge in [-0.1, -0.05) is 0 Å². The zero-order valence-corrected chi connectivity index (χ0v) is 14.6. The topological polar surface area (TPSA) is 96.2 Å². The highest BCUT2D eigenvalue weighted by molar-refractivity contribution is 5.83. The van der Waals surface area contributed by atoms with Gasteiger partial charge in [-0.15, -0.1) is 0 Å². The summed E-state index contributed by atoms with van der Waals surface area (Å²) in [7, 11) is 0. The molecule has 0 radical (unpaired) electrons. The van der Waals surface area contributed by atoms with E-state index in [4.69, 9.17) is 10.5 Å². The number of morpholine rings is 1. The van der Waals surface area contributed by atoms with E-state index in [1.807, 2.05) is 18.7 Å². The van der Waals surface area contributed by atoms with Crippen LogP contribution in [0.2, 0.25) is 0 Å². The third-order valence-electron chi connectivity index (χ3n) is 4.84. The average Bonchev–Trinajstić information content (AvgIpc) is 2.62. The molecule has 24 heavy (non-hydrogen) atoms. The van der Waals surface area contributed by atoms with Gasteiger partial charge in [0.2, 0.25) is 11.8 Å². The first-order chi connectivity index (χ1) is 11.5. The maximum atomic E-state index is 12.6. The van der Waals surface area contributed by atoms with Crippen LogP contribution < -0.4 is 5.73 Å². The SMILES string of the molecule is CCN(CC)C(=O)N1CCC(C(=O)N2CCOC(C(N)=O)C2)CC1. The molecule has 0 saturated carbocycles. The summed E-state index contributed by atoms with van der Waals surface area (Å²) in [6.45, 7) is 7.54. The maximum absolute atomic E-state index is 12.6. The number of hydrogen-bond acceptors (Lipinski definition) is 4. The molecule has 4 amide bonds. The minimum Gasteiger partial charge on any atom is -0.367 e. The predicted molar refractivity (Wildman–Crippen MR) is 88.1 cm³/mol. The van der Waals surface area contributed by atoms with E-state index in [1.54, 1.807) is 9.80 Å². The lowest BCUT2D eigenvalue weighted by molar-refractivity contribution is -0.149. The monoisotopic (exact) mass is 340 g/mol. The third-order valence-corrected chi connectivity index (χ3v) is 4.84. The summed E-state index contributed by atoms with van der Waals surface area (Å²) in [6, 6.07) is 0.0473. The molecule has 0 spiro atoms. The van der Waals surface area contributed by atoms with E-state index >= 15 is 0 Å². The summed E-state index contributed by atoms with van der Waals surface area (Å²) < 4.78 is 5.28. The van der Waals surface area contributed by atoms with Crippen molar-refractivity contribution in [3.05, 3.63) is 0 Å². The van der Waals surface area contributed by atoms with E-state index in [0.29, 0.717) is 52.2 Å². The molecule has 8 heteroatoms. The first kappa shape index (κ1) is 18.5. The fourth-order valence-electron chi connectivity index (χ4n) is 3.29. The van der Waals surface area contributed by atoms with Gasteiger partial charge in [0.1, 0.15) is 0 Å². The van der Waals surface area contributed by atoms with Crippen molar-refractivity contribution in [1.29, 1.82) is 0 Å². The predicted octanol–water partition coefficient (Wildman–Crippen LogP) is -0.127. The highest BCUT2D eigenvalue weighted by atomic mass is 16.5. The van der Waals surface area contributed by atoms with E-state index in [-0.39, 0.29) is 24.4 Å². The summed E-state index contributed by atoms with van der Waals surface area (Å²) in [5.74, 6) is -0.594. The van der Waals surface area contributed by atoms with Crippen molar-refractivity contribution in [2.45, 2.75) is 32.8 Å². The second kappa shape index (κ2) is 8.32. The molecule has 2 N–H and O–H groups in total. The number of urea groups is 1. The molecule has 0 aliphatic carbocycles. The number of nitrogens with zero attached hydrogens (tertiary/aromatic N) is 3. The van der Waals surface area contributed by atoms with Crippen LogP contribution in [0.3, 0.4) is 0 Å². The second-order valence-corrected chi connectivity index (χ2v) is 6.26. The average molecular weight is 340 g/mol. The van der Waals surface area contributed by atoms with Crippen LogP contribution in [-0.4, -0.2) is 84.5 Å². The van der Waals surface area contributed by atoms with E-state index in [0.717, 1.165) is 0 Å². The smallest absolute Gasteiger partial charge is 0.319 e. The molecule has 1 unspecified atom stereocenters. The second-order valence-electron chi connectivity index (χ2n) is 6.26. The quantitative estimate of drug-likeness (QED) is 0.771. The minimum atomic E-state index is -0.716. The van der Waals surface area contributed by atoms with Crippen LogP contribution in [0.5, 0.6) is 0 Å². The van der Waals surface area contributed by atoms with Gasteiger partial charge < -0.3 is 25.2 Å². The number of nitrogens with two attached hydrogens (primary N) is 1. The Labute approximate surface area is 142 Å². The van der Waals surface area contributed by atoms with Gasteiger partial charge >= 0.3 is 6.03 Å². The molecule has 0 aromatic heterocycles. The van der Waals surface area contributed by atoms with Gasteiger partial charge in [0.25, 0.3) is 0 Å². The van der Waals surface area contributed by atoms with E-state index in [2.05, 4.69) is 0 Å². The van der Waals surface area contributed by atoms with Crippen LogP contribution in [0.1, 0.15) is 26.7 Å². The first-order valence-electron chi connectivity index (χ1n) is 8.71. The molecule has 2 rings (SSSR count). The summed E-state index contributed by atoms with van der Waals surface area (Å²) in [5.41, 5.74) is 5.26. The molecule has 2 heterocycles. The molecule has 0 aromatic carbocycles. The van der Waals surface area contributed by atoms with Crippen LogP contribution in [-0.2, 0) is 14.3 Å². The van der Waals surface area contributed by atoms with E-state index in [1.165, 1.54) is 0 Å². The summed E-state index contributed by atoms with van der Waals surface area (Å²) in [5, 5.41) is 0.